The molecule has 5 rings (SSSR count). The van der Waals surface area contributed by atoms with Gasteiger partial charge in [-0.05, 0) is 104 Å². The third kappa shape index (κ3) is 15.8. The Morgan fingerprint density at radius 3 is 1.86 bits per heavy atom. The van der Waals surface area contributed by atoms with Gasteiger partial charge in [-0.25, -0.2) is 0 Å². The molecule has 5 amide bonds. The van der Waals surface area contributed by atoms with Crippen molar-refractivity contribution < 1.29 is 28.7 Å². The van der Waals surface area contributed by atoms with E-state index in [2.05, 4.69) is 21.3 Å². The first-order valence-electron chi connectivity index (χ1n) is 22.0. The number of amides is 5. The number of methoxy groups -OCH3 is 1. The molecule has 0 spiro atoms. The number of unbranched alkanes of at least 4 members (excludes halogenated alkanes) is 1. The van der Waals surface area contributed by atoms with E-state index in [1.165, 1.54) is 0 Å². The predicted molar refractivity (Wildman–Crippen MR) is 258 cm³/mol. The van der Waals surface area contributed by atoms with E-state index in [1.807, 2.05) is 118 Å². The number of piperidine rings is 1. The molecule has 1 heterocycles. The van der Waals surface area contributed by atoms with Crippen molar-refractivity contribution in [2.75, 3.05) is 26.7 Å². The molecular formula is C49H67Cl2N7O6. The van der Waals surface area contributed by atoms with Crippen LogP contribution in [-0.4, -0.2) is 91.4 Å². The summed E-state index contributed by atoms with van der Waals surface area (Å²) in [5, 5.41) is 14.0. The molecule has 13 nitrogen and oxygen atoms in total. The van der Waals surface area contributed by atoms with Gasteiger partial charge in [0.2, 0.25) is 29.5 Å². The number of benzene rings is 4. The largest absolute Gasteiger partial charge is 0.497 e. The van der Waals surface area contributed by atoms with Crippen LogP contribution in [0.3, 0.4) is 0 Å². The number of rotatable bonds is 21. The Hall–Kier alpha value is -5.21. The lowest BCUT2D eigenvalue weighted by molar-refractivity contribution is -0.139. The van der Waals surface area contributed by atoms with Crippen molar-refractivity contribution >= 4 is 65.1 Å². The number of nitrogens with two attached hydrogens (primary N) is 2. The number of hydrogen-bond donors (Lipinski definition) is 6. The molecular weight excluding hydrogens is 853 g/mol. The van der Waals surface area contributed by atoms with Crippen LogP contribution in [0.4, 0.5) is 0 Å². The number of hydrogen-bond acceptors (Lipinski definition) is 8. The first kappa shape index (κ1) is 53.1. The molecule has 0 unspecified atom stereocenters. The third-order valence-electron chi connectivity index (χ3n) is 11.6. The molecule has 348 valence electrons. The van der Waals surface area contributed by atoms with Gasteiger partial charge in [0, 0.05) is 25.6 Å². The van der Waals surface area contributed by atoms with Gasteiger partial charge in [-0.15, -0.1) is 24.8 Å². The maximum absolute atomic E-state index is 14.1. The van der Waals surface area contributed by atoms with Gasteiger partial charge < -0.3 is 42.4 Å². The Labute approximate surface area is 390 Å². The summed E-state index contributed by atoms with van der Waals surface area (Å²) >= 11 is 0. The van der Waals surface area contributed by atoms with Gasteiger partial charge in [-0.3, -0.25) is 24.0 Å². The van der Waals surface area contributed by atoms with Crippen LogP contribution < -0.4 is 37.5 Å². The molecule has 8 N–H and O–H groups in total. The molecule has 0 bridgehead atoms. The molecule has 1 aliphatic rings. The van der Waals surface area contributed by atoms with Crippen LogP contribution in [0, 0.1) is 5.92 Å². The molecule has 1 fully saturated rings. The fourth-order valence-electron chi connectivity index (χ4n) is 7.88. The van der Waals surface area contributed by atoms with E-state index in [-0.39, 0.29) is 60.9 Å². The fourth-order valence-corrected chi connectivity index (χ4v) is 7.88. The lowest BCUT2D eigenvalue weighted by Crippen LogP contribution is -2.59. The van der Waals surface area contributed by atoms with Gasteiger partial charge in [0.05, 0.1) is 19.1 Å². The van der Waals surface area contributed by atoms with Gasteiger partial charge in [-0.1, -0.05) is 98.8 Å². The van der Waals surface area contributed by atoms with Crippen molar-refractivity contribution in [1.82, 2.24) is 26.2 Å². The summed E-state index contributed by atoms with van der Waals surface area (Å²) < 4.78 is 5.34. The highest BCUT2D eigenvalue weighted by atomic mass is 35.5. The normalized spacial score (nSPS) is 15.0. The molecule has 0 radical (unpaired) electrons. The van der Waals surface area contributed by atoms with Crippen molar-refractivity contribution in [1.29, 1.82) is 0 Å². The van der Waals surface area contributed by atoms with Crippen molar-refractivity contribution in [2.24, 2.45) is 17.4 Å². The quantitative estimate of drug-likeness (QED) is 0.0602. The average molecular weight is 921 g/mol. The summed E-state index contributed by atoms with van der Waals surface area (Å²) in [4.78, 5) is 70.9. The highest BCUT2D eigenvalue weighted by Crippen LogP contribution is 2.26. The van der Waals surface area contributed by atoms with Crippen LogP contribution >= 0.6 is 24.8 Å². The zero-order chi connectivity index (χ0) is 44.6. The molecule has 0 aliphatic carbocycles. The van der Waals surface area contributed by atoms with Gasteiger partial charge in [0.25, 0.3) is 0 Å². The first-order chi connectivity index (χ1) is 29.8. The molecule has 5 atom stereocenters. The Morgan fingerprint density at radius 1 is 0.688 bits per heavy atom. The lowest BCUT2D eigenvalue weighted by Gasteiger charge is -2.35. The summed E-state index contributed by atoms with van der Waals surface area (Å²) in [7, 11) is 1.63. The third-order valence-corrected chi connectivity index (χ3v) is 11.6. The summed E-state index contributed by atoms with van der Waals surface area (Å²) in [5.74, 6) is -1.35. The minimum Gasteiger partial charge on any atom is -0.497 e. The van der Waals surface area contributed by atoms with Crippen LogP contribution in [0.1, 0.15) is 81.9 Å². The Bertz CT molecular complexity index is 2100. The first-order valence-corrected chi connectivity index (χ1v) is 22.0. The van der Waals surface area contributed by atoms with Gasteiger partial charge in [-0.2, -0.15) is 0 Å². The number of fused-ring (bicyclic) bond motifs is 1. The number of ether oxygens (including phenoxy) is 1. The smallest absolute Gasteiger partial charge is 0.245 e. The highest BCUT2D eigenvalue weighted by Gasteiger charge is 2.34. The van der Waals surface area contributed by atoms with Crippen LogP contribution in [0.2, 0.25) is 0 Å². The van der Waals surface area contributed by atoms with E-state index in [0.29, 0.717) is 64.6 Å². The molecule has 64 heavy (non-hydrogen) atoms. The van der Waals surface area contributed by atoms with Crippen molar-refractivity contribution in [3.8, 4) is 5.75 Å². The zero-order valence-electron chi connectivity index (χ0n) is 37.4. The van der Waals surface area contributed by atoms with Gasteiger partial charge in [0.1, 0.15) is 23.9 Å². The molecule has 0 aromatic heterocycles. The summed E-state index contributed by atoms with van der Waals surface area (Å²) in [6, 6.07) is 26.7. The minimum atomic E-state index is -1.02. The van der Waals surface area contributed by atoms with Crippen LogP contribution in [0.25, 0.3) is 10.8 Å². The lowest BCUT2D eigenvalue weighted by atomic mass is 9.95. The maximum atomic E-state index is 14.1. The SMILES string of the molecule is COc1ccc2cc([C@H](C)C(=O)NC3CCN(C(=O)[C@@H](CCCCN)NC(=O)[C@@H](CC(C)C)NC(=O)[C@@H](Cc4ccccc4)NC(=O)[C@H](N)Cc4ccccc4)CC3)ccc2c1.Cl.Cl. The van der Waals surface area contributed by atoms with E-state index in [0.717, 1.165) is 33.2 Å². The van der Waals surface area contributed by atoms with Crippen molar-refractivity contribution in [3.05, 3.63) is 114 Å². The maximum Gasteiger partial charge on any atom is 0.245 e. The molecule has 0 saturated carbocycles. The number of nitrogens with one attached hydrogen (secondary N) is 4. The van der Waals surface area contributed by atoms with E-state index in [1.54, 1.807) is 12.0 Å². The van der Waals surface area contributed by atoms with Crippen LogP contribution in [-0.2, 0) is 36.8 Å². The van der Waals surface area contributed by atoms with Crippen LogP contribution in [0.5, 0.6) is 5.75 Å². The number of nitrogens with zero attached hydrogens (tertiary/aromatic N) is 1. The Morgan fingerprint density at radius 2 is 1.25 bits per heavy atom. The van der Waals surface area contributed by atoms with Crippen LogP contribution in [0.15, 0.2) is 97.1 Å². The summed E-state index contributed by atoms with van der Waals surface area (Å²) in [5.41, 5.74) is 14.8. The summed E-state index contributed by atoms with van der Waals surface area (Å²) in [6.45, 7) is 7.07. The van der Waals surface area contributed by atoms with E-state index >= 15 is 0 Å². The molecule has 1 aliphatic heterocycles. The number of halogens is 2. The van der Waals surface area contributed by atoms with Gasteiger partial charge >= 0.3 is 0 Å². The number of likely N-dealkylation sites (tertiary alicyclic amines) is 1. The zero-order valence-corrected chi connectivity index (χ0v) is 39.1. The second kappa shape index (κ2) is 26.5. The topological polar surface area (TPSA) is 198 Å². The van der Waals surface area contributed by atoms with Gasteiger partial charge in [0.15, 0.2) is 0 Å². The minimum absolute atomic E-state index is 0. The number of carbonyl (C=O) groups is 5. The van der Waals surface area contributed by atoms with E-state index in [9.17, 15) is 24.0 Å². The van der Waals surface area contributed by atoms with E-state index < -0.39 is 41.9 Å². The number of carbonyl (C=O) groups excluding carboxylic acids is 5. The van der Waals surface area contributed by atoms with E-state index in [4.69, 9.17) is 16.2 Å². The monoisotopic (exact) mass is 919 g/mol. The van der Waals surface area contributed by atoms with Crippen molar-refractivity contribution in [3.63, 3.8) is 0 Å². The Kier molecular flexibility index (Phi) is 22.0. The predicted octanol–water partition coefficient (Wildman–Crippen LogP) is 5.34. The molecule has 15 heteroatoms. The standard InChI is InChI=1S/C49H65N7O6.2ClH/c1-32(2)27-43(55-48(60)44(29-35-15-9-6-10-16-35)54-46(58)41(51)28-34-13-7-5-8-14-34)47(59)53-42(17-11-12-24-50)49(61)56-25-22-39(23-26-56)52-45(57)33(3)36-18-19-38-31-40(62-4)21-20-37(38)30-36;;/h5-10,13-16,18-21,30-33,39,41-44H,11-12,17,22-29,50-51H2,1-4H3,(H,52,57)(H,53,59)(H,54,58)(H,55,60);2*1H/t33-,41+,42+,43+,44+;;/m0../s1. The summed E-state index contributed by atoms with van der Waals surface area (Å²) in [6.07, 6.45) is 3.59. The van der Waals surface area contributed by atoms with Crippen molar-refractivity contribution in [2.45, 2.75) is 108 Å². The molecule has 4 aromatic carbocycles. The highest BCUT2D eigenvalue weighted by molar-refractivity contribution is 5.95. The Balaban J connectivity index is 0.00000544. The fraction of sp³-hybridized carbons (Fsp3) is 0.449. The second-order valence-electron chi connectivity index (χ2n) is 16.9. The molecule has 4 aromatic rings. The molecule has 1 saturated heterocycles. The second-order valence-corrected chi connectivity index (χ2v) is 16.9. The average Bonchev–Trinajstić information content (AvgIpc) is 3.28.